The minimum atomic E-state index is 0.237. The third-order valence-corrected chi connectivity index (χ3v) is 4.24. The first kappa shape index (κ1) is 13.3. The van der Waals surface area contributed by atoms with Gasteiger partial charge in [-0.05, 0) is 38.4 Å². The number of benzene rings is 1. The molecule has 1 aliphatic heterocycles. The van der Waals surface area contributed by atoms with Crippen molar-refractivity contribution in [3.8, 4) is 0 Å². The average molecular weight is 319 g/mol. The molecule has 2 rings (SSSR count). The highest BCUT2D eigenvalue weighted by Gasteiger charge is 2.23. The molecule has 0 amide bonds. The van der Waals surface area contributed by atoms with Crippen molar-refractivity contribution in [1.82, 2.24) is 5.32 Å². The first-order valence-corrected chi connectivity index (χ1v) is 7.12. The van der Waals surface area contributed by atoms with Crippen LogP contribution in [-0.4, -0.2) is 19.8 Å². The number of nitrogens with one attached hydrogen (secondary N) is 1. The Balaban J connectivity index is 2.16. The number of hydrogen-bond donors (Lipinski definition) is 1. The van der Waals surface area contributed by atoms with Crippen LogP contribution in [0.2, 0.25) is 5.02 Å². The normalized spacial score (nSPS) is 21.7. The summed E-state index contributed by atoms with van der Waals surface area (Å²) in [6.45, 7) is 0.894. The van der Waals surface area contributed by atoms with Gasteiger partial charge in [-0.15, -0.1) is 0 Å². The minimum Gasteiger partial charge on any atom is -0.378 e. The molecule has 1 aliphatic rings. The lowest BCUT2D eigenvalue weighted by Crippen LogP contribution is -2.22. The second-order valence-electron chi connectivity index (χ2n) is 4.35. The summed E-state index contributed by atoms with van der Waals surface area (Å²) >= 11 is 9.85. The van der Waals surface area contributed by atoms with Gasteiger partial charge in [0.05, 0.1) is 6.10 Å². The summed E-state index contributed by atoms with van der Waals surface area (Å²) in [5.74, 6) is 0. The summed E-state index contributed by atoms with van der Waals surface area (Å²) in [5, 5.41) is 4.13. The van der Waals surface area contributed by atoms with Crippen LogP contribution in [0.3, 0.4) is 0 Å². The summed E-state index contributed by atoms with van der Waals surface area (Å²) in [5.41, 5.74) is 1.13. The Hall–Kier alpha value is -0.0900. The molecular weight excluding hydrogens is 302 g/mol. The topological polar surface area (TPSA) is 21.3 Å². The van der Waals surface area contributed by atoms with Crippen LogP contribution in [0.15, 0.2) is 22.7 Å². The van der Waals surface area contributed by atoms with Gasteiger partial charge >= 0.3 is 0 Å². The molecule has 1 fully saturated rings. The molecule has 17 heavy (non-hydrogen) atoms. The molecule has 2 nitrogen and oxygen atoms in total. The quantitative estimate of drug-likeness (QED) is 0.908. The summed E-state index contributed by atoms with van der Waals surface area (Å²) in [7, 11) is 1.97. The summed E-state index contributed by atoms with van der Waals surface area (Å²) < 4.78 is 6.75. The van der Waals surface area contributed by atoms with E-state index in [1.807, 2.05) is 25.2 Å². The highest BCUT2D eigenvalue weighted by molar-refractivity contribution is 9.10. The largest absolute Gasteiger partial charge is 0.378 e. The van der Waals surface area contributed by atoms with Gasteiger partial charge in [0, 0.05) is 27.7 Å². The van der Waals surface area contributed by atoms with E-state index in [0.717, 1.165) is 34.5 Å². The zero-order valence-corrected chi connectivity index (χ0v) is 12.2. The zero-order valence-electron chi connectivity index (χ0n) is 9.88. The molecule has 2 atom stereocenters. The smallest absolute Gasteiger partial charge is 0.0594 e. The molecule has 0 radical (unpaired) electrons. The lowest BCUT2D eigenvalue weighted by atomic mass is 9.99. The van der Waals surface area contributed by atoms with Crippen LogP contribution in [0, 0.1) is 0 Å². The van der Waals surface area contributed by atoms with Gasteiger partial charge in [-0.2, -0.15) is 0 Å². The molecule has 1 N–H and O–H groups in total. The van der Waals surface area contributed by atoms with Crippen molar-refractivity contribution < 1.29 is 4.74 Å². The molecule has 0 bridgehead atoms. The maximum Gasteiger partial charge on any atom is 0.0594 e. The lowest BCUT2D eigenvalue weighted by molar-refractivity contribution is 0.0953. The maximum absolute atomic E-state index is 6.28. The first-order chi connectivity index (χ1) is 8.22. The van der Waals surface area contributed by atoms with Crippen LogP contribution in [-0.2, 0) is 4.74 Å². The molecular formula is C13H17BrClNO. The van der Waals surface area contributed by atoms with Crippen molar-refractivity contribution in [1.29, 1.82) is 0 Å². The predicted molar refractivity (Wildman–Crippen MR) is 74.5 cm³/mol. The highest BCUT2D eigenvalue weighted by atomic mass is 79.9. The molecule has 1 aromatic carbocycles. The second kappa shape index (κ2) is 6.19. The number of hydrogen-bond acceptors (Lipinski definition) is 2. The van der Waals surface area contributed by atoms with E-state index in [1.165, 1.54) is 6.42 Å². The fraction of sp³-hybridized carbons (Fsp3) is 0.538. The van der Waals surface area contributed by atoms with Crippen molar-refractivity contribution in [2.45, 2.75) is 31.4 Å². The average Bonchev–Trinajstić information content (AvgIpc) is 2.80. The first-order valence-electron chi connectivity index (χ1n) is 5.95. The van der Waals surface area contributed by atoms with Crippen LogP contribution >= 0.6 is 27.5 Å². The Kier molecular flexibility index (Phi) is 4.86. The molecule has 1 aromatic rings. The van der Waals surface area contributed by atoms with Gasteiger partial charge < -0.3 is 10.1 Å². The zero-order chi connectivity index (χ0) is 12.3. The monoisotopic (exact) mass is 317 g/mol. The molecule has 0 spiro atoms. The lowest BCUT2D eigenvalue weighted by Gasteiger charge is -2.22. The van der Waals surface area contributed by atoms with Crippen LogP contribution in [0.4, 0.5) is 0 Å². The van der Waals surface area contributed by atoms with Gasteiger partial charge in [0.25, 0.3) is 0 Å². The van der Waals surface area contributed by atoms with Crippen molar-refractivity contribution in [2.75, 3.05) is 13.7 Å². The van der Waals surface area contributed by atoms with E-state index in [4.69, 9.17) is 16.3 Å². The summed E-state index contributed by atoms with van der Waals surface area (Å²) in [6.07, 6.45) is 3.65. The molecule has 1 heterocycles. The number of halogens is 2. The van der Waals surface area contributed by atoms with Gasteiger partial charge in [-0.25, -0.2) is 0 Å². The third kappa shape index (κ3) is 3.22. The van der Waals surface area contributed by atoms with Gasteiger partial charge in [0.2, 0.25) is 0 Å². The molecule has 94 valence electrons. The Labute approximate surface area is 116 Å². The minimum absolute atomic E-state index is 0.237. The summed E-state index contributed by atoms with van der Waals surface area (Å²) in [4.78, 5) is 0. The van der Waals surface area contributed by atoms with E-state index < -0.39 is 0 Å². The van der Waals surface area contributed by atoms with Crippen molar-refractivity contribution >= 4 is 27.5 Å². The van der Waals surface area contributed by atoms with Crippen LogP contribution < -0.4 is 5.32 Å². The standard InChI is InChI=1S/C13H17BrClNO/c1-16-12(8-9-4-3-7-17-9)13-10(14)5-2-6-11(13)15/h2,5-6,9,12,16H,3-4,7-8H2,1H3. The predicted octanol–water partition coefficient (Wildman–Crippen LogP) is 3.93. The van der Waals surface area contributed by atoms with Gasteiger partial charge in [0.15, 0.2) is 0 Å². The maximum atomic E-state index is 6.28. The summed E-state index contributed by atoms with van der Waals surface area (Å²) in [6, 6.07) is 6.15. The van der Waals surface area contributed by atoms with Crippen LogP contribution in [0.1, 0.15) is 30.9 Å². The van der Waals surface area contributed by atoms with Crippen molar-refractivity contribution in [3.63, 3.8) is 0 Å². The van der Waals surface area contributed by atoms with Gasteiger partial charge in [-0.3, -0.25) is 0 Å². The van der Waals surface area contributed by atoms with E-state index in [1.54, 1.807) is 0 Å². The Bertz CT molecular complexity index is 359. The van der Waals surface area contributed by atoms with E-state index in [0.29, 0.717) is 6.10 Å². The van der Waals surface area contributed by atoms with Crippen LogP contribution in [0.5, 0.6) is 0 Å². The van der Waals surface area contributed by atoms with Crippen molar-refractivity contribution in [3.05, 3.63) is 33.3 Å². The Morgan fingerprint density at radius 1 is 1.59 bits per heavy atom. The molecule has 0 aliphatic carbocycles. The highest BCUT2D eigenvalue weighted by Crippen LogP contribution is 2.34. The van der Waals surface area contributed by atoms with Gasteiger partial charge in [0.1, 0.15) is 0 Å². The fourth-order valence-electron chi connectivity index (χ4n) is 2.32. The van der Waals surface area contributed by atoms with Gasteiger partial charge in [-0.1, -0.05) is 33.6 Å². The van der Waals surface area contributed by atoms with E-state index in [9.17, 15) is 0 Å². The van der Waals surface area contributed by atoms with Crippen molar-refractivity contribution in [2.24, 2.45) is 0 Å². The second-order valence-corrected chi connectivity index (χ2v) is 5.61. The molecule has 0 aromatic heterocycles. The fourth-order valence-corrected chi connectivity index (χ4v) is 3.38. The SMILES string of the molecule is CNC(CC1CCCO1)c1c(Cl)cccc1Br. The Morgan fingerprint density at radius 2 is 2.41 bits per heavy atom. The van der Waals surface area contributed by atoms with E-state index in [2.05, 4.69) is 21.2 Å². The van der Waals surface area contributed by atoms with Crippen LogP contribution in [0.25, 0.3) is 0 Å². The third-order valence-electron chi connectivity index (χ3n) is 3.22. The molecule has 4 heteroatoms. The number of rotatable bonds is 4. The molecule has 1 saturated heterocycles. The molecule has 0 saturated carbocycles. The Morgan fingerprint density at radius 3 is 3.00 bits per heavy atom. The molecule has 2 unspecified atom stereocenters. The van der Waals surface area contributed by atoms with E-state index >= 15 is 0 Å². The van der Waals surface area contributed by atoms with E-state index in [-0.39, 0.29) is 6.04 Å². The number of ether oxygens (including phenoxy) is 1.